The summed E-state index contributed by atoms with van der Waals surface area (Å²) in [6, 6.07) is 3.51. The van der Waals surface area contributed by atoms with Crippen molar-refractivity contribution in [2.75, 3.05) is 6.54 Å². The second-order valence-electron chi connectivity index (χ2n) is 5.00. The fourth-order valence-corrected chi connectivity index (χ4v) is 2.64. The Morgan fingerprint density at radius 2 is 2.00 bits per heavy atom. The zero-order valence-electron chi connectivity index (χ0n) is 11.7. The Labute approximate surface area is 112 Å². The predicted molar refractivity (Wildman–Crippen MR) is 76.8 cm³/mol. The monoisotopic (exact) mass is 260 g/mol. The van der Waals surface area contributed by atoms with Gasteiger partial charge in [0.1, 0.15) is 0 Å². The number of aromatic carboxylic acids is 1. The van der Waals surface area contributed by atoms with Crippen LogP contribution in [0.1, 0.15) is 33.6 Å². The van der Waals surface area contributed by atoms with Crippen molar-refractivity contribution in [2.24, 2.45) is 5.73 Å². The number of benzene rings is 1. The summed E-state index contributed by atoms with van der Waals surface area (Å²) in [6.07, 6.45) is 0.921. The lowest BCUT2D eigenvalue weighted by atomic mass is 10.0. The van der Waals surface area contributed by atoms with Crippen LogP contribution < -0.4 is 5.73 Å². The molecule has 3 N–H and O–H groups in total. The van der Waals surface area contributed by atoms with E-state index in [9.17, 15) is 4.79 Å². The van der Waals surface area contributed by atoms with Gasteiger partial charge in [-0.05, 0) is 57.0 Å². The van der Waals surface area contributed by atoms with E-state index in [2.05, 4.69) is 11.5 Å². The Bertz CT molecular complexity index is 641. The average molecular weight is 260 g/mol. The molecule has 0 aliphatic rings. The van der Waals surface area contributed by atoms with Crippen LogP contribution in [0.3, 0.4) is 0 Å². The summed E-state index contributed by atoms with van der Waals surface area (Å²) < 4.78 is 2.25. The Kier molecular flexibility index (Phi) is 3.62. The number of nitrogens with two attached hydrogens (primary N) is 1. The number of carboxylic acid groups (broad SMARTS) is 1. The molecule has 1 aromatic carbocycles. The highest BCUT2D eigenvalue weighted by molar-refractivity contribution is 5.97. The van der Waals surface area contributed by atoms with Gasteiger partial charge in [-0.1, -0.05) is 0 Å². The number of aromatic nitrogens is 1. The number of nitrogens with zero attached hydrogens (tertiary/aromatic N) is 1. The zero-order chi connectivity index (χ0) is 14.2. The lowest BCUT2D eigenvalue weighted by molar-refractivity contribution is 0.0697. The molecule has 19 heavy (non-hydrogen) atoms. The Morgan fingerprint density at radius 1 is 1.32 bits per heavy atom. The molecule has 1 heterocycles. The molecule has 4 nitrogen and oxygen atoms in total. The van der Waals surface area contributed by atoms with E-state index in [1.54, 1.807) is 12.1 Å². The zero-order valence-corrected chi connectivity index (χ0v) is 11.7. The van der Waals surface area contributed by atoms with E-state index in [-0.39, 0.29) is 0 Å². The highest BCUT2D eigenvalue weighted by atomic mass is 16.4. The van der Waals surface area contributed by atoms with Crippen molar-refractivity contribution in [3.8, 4) is 0 Å². The maximum absolute atomic E-state index is 11.1. The minimum Gasteiger partial charge on any atom is -0.478 e. The Balaban J connectivity index is 2.71. The van der Waals surface area contributed by atoms with Gasteiger partial charge in [0.15, 0.2) is 0 Å². The largest absolute Gasteiger partial charge is 0.478 e. The van der Waals surface area contributed by atoms with Gasteiger partial charge in [-0.3, -0.25) is 0 Å². The smallest absolute Gasteiger partial charge is 0.335 e. The van der Waals surface area contributed by atoms with Crippen molar-refractivity contribution in [2.45, 2.75) is 33.7 Å². The van der Waals surface area contributed by atoms with Crippen molar-refractivity contribution in [1.82, 2.24) is 4.57 Å². The first-order valence-electron chi connectivity index (χ1n) is 6.50. The summed E-state index contributed by atoms with van der Waals surface area (Å²) in [7, 11) is 0. The van der Waals surface area contributed by atoms with Crippen LogP contribution in [0, 0.1) is 20.8 Å². The van der Waals surface area contributed by atoms with Gasteiger partial charge < -0.3 is 15.4 Å². The van der Waals surface area contributed by atoms with Gasteiger partial charge in [0.05, 0.1) is 11.1 Å². The normalized spacial score (nSPS) is 11.2. The molecule has 1 aromatic heterocycles. The predicted octanol–water partition coefficient (Wildman–Crippen LogP) is 2.61. The van der Waals surface area contributed by atoms with E-state index in [0.717, 1.165) is 35.0 Å². The van der Waals surface area contributed by atoms with Crippen LogP contribution in [-0.2, 0) is 6.54 Å². The molecule has 2 aromatic rings. The van der Waals surface area contributed by atoms with Crippen LogP contribution in [0.5, 0.6) is 0 Å². The standard InChI is InChI=1S/C15H20N2O2/c1-9-7-12(15(18)19)8-13-10(2)11(3)17(14(9)13)6-4-5-16/h7-8H,4-6,16H2,1-3H3,(H,18,19). The molecule has 0 spiro atoms. The fraction of sp³-hybridized carbons (Fsp3) is 0.400. The lowest BCUT2D eigenvalue weighted by Gasteiger charge is -2.09. The van der Waals surface area contributed by atoms with E-state index in [4.69, 9.17) is 10.8 Å². The second-order valence-corrected chi connectivity index (χ2v) is 5.00. The molecular formula is C15H20N2O2. The summed E-state index contributed by atoms with van der Waals surface area (Å²) in [5, 5.41) is 10.2. The van der Waals surface area contributed by atoms with E-state index in [0.29, 0.717) is 12.1 Å². The van der Waals surface area contributed by atoms with Gasteiger partial charge in [-0.2, -0.15) is 0 Å². The van der Waals surface area contributed by atoms with Crippen LogP contribution in [0.15, 0.2) is 12.1 Å². The summed E-state index contributed by atoms with van der Waals surface area (Å²) in [4.78, 5) is 11.1. The second kappa shape index (κ2) is 5.05. The molecule has 0 aliphatic carbocycles. The number of hydrogen-bond acceptors (Lipinski definition) is 2. The molecule has 0 bridgehead atoms. The Morgan fingerprint density at radius 3 is 2.58 bits per heavy atom. The van der Waals surface area contributed by atoms with Crippen molar-refractivity contribution in [1.29, 1.82) is 0 Å². The van der Waals surface area contributed by atoms with Gasteiger partial charge in [-0.25, -0.2) is 4.79 Å². The van der Waals surface area contributed by atoms with Gasteiger partial charge >= 0.3 is 5.97 Å². The maximum atomic E-state index is 11.1. The quantitative estimate of drug-likeness (QED) is 0.888. The molecule has 102 valence electrons. The third kappa shape index (κ3) is 2.24. The third-order valence-electron chi connectivity index (χ3n) is 3.75. The number of aryl methyl sites for hydroxylation is 3. The van der Waals surface area contributed by atoms with Gasteiger partial charge in [0.25, 0.3) is 0 Å². The highest BCUT2D eigenvalue weighted by Gasteiger charge is 2.15. The number of carboxylic acids is 1. The summed E-state index contributed by atoms with van der Waals surface area (Å²) in [6.45, 7) is 7.62. The molecule has 0 unspecified atom stereocenters. The molecular weight excluding hydrogens is 240 g/mol. The minimum absolute atomic E-state index is 0.351. The fourth-order valence-electron chi connectivity index (χ4n) is 2.64. The van der Waals surface area contributed by atoms with E-state index in [1.807, 2.05) is 13.8 Å². The van der Waals surface area contributed by atoms with Crippen LogP contribution in [-0.4, -0.2) is 22.2 Å². The van der Waals surface area contributed by atoms with Crippen LogP contribution in [0.4, 0.5) is 0 Å². The molecule has 0 saturated heterocycles. The number of rotatable bonds is 4. The minimum atomic E-state index is -0.878. The highest BCUT2D eigenvalue weighted by Crippen LogP contribution is 2.29. The molecule has 2 rings (SSSR count). The average Bonchev–Trinajstić information content (AvgIpc) is 2.61. The first-order chi connectivity index (χ1) is 8.97. The molecule has 0 amide bonds. The Hall–Kier alpha value is -1.81. The summed E-state index contributed by atoms with van der Waals surface area (Å²) in [5.41, 5.74) is 10.4. The summed E-state index contributed by atoms with van der Waals surface area (Å²) >= 11 is 0. The lowest BCUT2D eigenvalue weighted by Crippen LogP contribution is -2.07. The molecule has 4 heteroatoms. The van der Waals surface area contributed by atoms with E-state index >= 15 is 0 Å². The molecule has 0 saturated carbocycles. The maximum Gasteiger partial charge on any atom is 0.335 e. The topological polar surface area (TPSA) is 68.2 Å². The third-order valence-corrected chi connectivity index (χ3v) is 3.75. The van der Waals surface area contributed by atoms with Gasteiger partial charge in [-0.15, -0.1) is 0 Å². The van der Waals surface area contributed by atoms with Crippen LogP contribution in [0.2, 0.25) is 0 Å². The molecule has 0 radical (unpaired) electrons. The number of hydrogen-bond donors (Lipinski definition) is 2. The SMILES string of the molecule is Cc1c(C)n(CCCN)c2c(C)cc(C(=O)O)cc12. The van der Waals surface area contributed by atoms with Crippen molar-refractivity contribution < 1.29 is 9.90 Å². The van der Waals surface area contributed by atoms with Gasteiger partial charge in [0, 0.05) is 17.6 Å². The molecule has 0 fully saturated rings. The molecule has 0 aliphatic heterocycles. The van der Waals surface area contributed by atoms with Crippen LogP contribution >= 0.6 is 0 Å². The van der Waals surface area contributed by atoms with Crippen molar-refractivity contribution in [3.63, 3.8) is 0 Å². The van der Waals surface area contributed by atoms with Crippen molar-refractivity contribution in [3.05, 3.63) is 34.5 Å². The molecule has 0 atom stereocenters. The first-order valence-corrected chi connectivity index (χ1v) is 6.50. The first kappa shape index (κ1) is 13.6. The van der Waals surface area contributed by atoms with E-state index < -0.39 is 5.97 Å². The van der Waals surface area contributed by atoms with E-state index in [1.165, 1.54) is 5.69 Å². The number of fused-ring (bicyclic) bond motifs is 1. The summed E-state index contributed by atoms with van der Waals surface area (Å²) in [5.74, 6) is -0.878. The van der Waals surface area contributed by atoms with Gasteiger partial charge in [0.2, 0.25) is 0 Å². The van der Waals surface area contributed by atoms with Crippen molar-refractivity contribution >= 4 is 16.9 Å². The number of carbonyl (C=O) groups is 1. The van der Waals surface area contributed by atoms with Crippen LogP contribution in [0.25, 0.3) is 10.9 Å².